The number of halogens is 1. The molecular weight excluding hydrogens is 416 g/mol. The topological polar surface area (TPSA) is 62.1 Å². The van der Waals surface area contributed by atoms with E-state index in [4.69, 9.17) is 16.3 Å². The van der Waals surface area contributed by atoms with E-state index in [-0.39, 0.29) is 11.7 Å². The van der Waals surface area contributed by atoms with Gasteiger partial charge in [0, 0.05) is 28.5 Å². The number of nitrogens with zero attached hydrogens (tertiary/aromatic N) is 1. The van der Waals surface area contributed by atoms with Gasteiger partial charge < -0.3 is 10.1 Å². The second-order valence-corrected chi connectivity index (χ2v) is 8.69. The molecule has 0 saturated heterocycles. The van der Waals surface area contributed by atoms with Gasteiger partial charge in [-0.25, -0.2) is 0 Å². The molecule has 0 fully saturated rings. The minimum absolute atomic E-state index is 0.124. The van der Waals surface area contributed by atoms with Crippen molar-refractivity contribution in [3.63, 3.8) is 0 Å². The molecule has 0 unspecified atom stereocenters. The molecule has 4 nitrogen and oxygen atoms in total. The van der Waals surface area contributed by atoms with E-state index in [0.29, 0.717) is 22.8 Å². The lowest BCUT2D eigenvalue weighted by Gasteiger charge is -2.33. The van der Waals surface area contributed by atoms with E-state index in [1.165, 1.54) is 0 Å². The zero-order valence-electron chi connectivity index (χ0n) is 16.6. The van der Waals surface area contributed by atoms with Gasteiger partial charge in [0.25, 0.3) is 0 Å². The van der Waals surface area contributed by atoms with Crippen LogP contribution in [-0.2, 0) is 10.5 Å². The van der Waals surface area contributed by atoms with Crippen LogP contribution in [0.2, 0.25) is 5.02 Å². The van der Waals surface area contributed by atoms with E-state index in [2.05, 4.69) is 11.4 Å². The maximum atomic E-state index is 12.8. The number of benzene rings is 2. The van der Waals surface area contributed by atoms with Gasteiger partial charge in [0.1, 0.15) is 5.75 Å². The fourth-order valence-corrected chi connectivity index (χ4v) is 5.05. The van der Waals surface area contributed by atoms with Crippen molar-refractivity contribution >= 4 is 29.1 Å². The van der Waals surface area contributed by atoms with Crippen LogP contribution in [0.25, 0.3) is 0 Å². The van der Waals surface area contributed by atoms with Crippen LogP contribution in [0.5, 0.6) is 5.75 Å². The largest absolute Gasteiger partial charge is 0.497 e. The van der Waals surface area contributed by atoms with Crippen molar-refractivity contribution in [1.82, 2.24) is 5.32 Å². The number of methoxy groups -OCH3 is 1. The smallest absolute Gasteiger partial charge is 0.161 e. The van der Waals surface area contributed by atoms with Crippen LogP contribution in [0, 0.1) is 11.3 Å². The van der Waals surface area contributed by atoms with Crippen molar-refractivity contribution in [3.05, 3.63) is 86.6 Å². The molecule has 0 spiro atoms. The van der Waals surface area contributed by atoms with Crippen molar-refractivity contribution in [3.8, 4) is 11.8 Å². The van der Waals surface area contributed by atoms with Gasteiger partial charge in [-0.05, 0) is 48.2 Å². The van der Waals surface area contributed by atoms with Crippen molar-refractivity contribution in [2.45, 2.75) is 30.9 Å². The van der Waals surface area contributed by atoms with Gasteiger partial charge >= 0.3 is 0 Å². The normalized spacial score (nSPS) is 18.6. The predicted molar refractivity (Wildman–Crippen MR) is 120 cm³/mol. The number of ether oxygens (including phenoxy) is 1. The van der Waals surface area contributed by atoms with Crippen LogP contribution in [0.3, 0.4) is 0 Å². The summed E-state index contributed by atoms with van der Waals surface area (Å²) in [6.45, 7) is 0. The fourth-order valence-electron chi connectivity index (χ4n) is 3.90. The lowest BCUT2D eigenvalue weighted by atomic mass is 9.77. The Kier molecular flexibility index (Phi) is 6.17. The summed E-state index contributed by atoms with van der Waals surface area (Å²) in [7, 11) is 1.62. The van der Waals surface area contributed by atoms with E-state index in [1.807, 2.05) is 48.5 Å². The average molecular weight is 437 g/mol. The highest BCUT2D eigenvalue weighted by Crippen LogP contribution is 2.44. The van der Waals surface area contributed by atoms with Crippen LogP contribution in [0.1, 0.15) is 36.3 Å². The third kappa shape index (κ3) is 4.12. The van der Waals surface area contributed by atoms with E-state index in [0.717, 1.165) is 46.0 Å². The summed E-state index contributed by atoms with van der Waals surface area (Å²) < 4.78 is 5.27. The molecule has 6 heteroatoms. The number of rotatable bonds is 5. The number of hydrogen-bond donors (Lipinski definition) is 1. The third-order valence-electron chi connectivity index (χ3n) is 5.41. The van der Waals surface area contributed by atoms with Gasteiger partial charge in [-0.1, -0.05) is 35.9 Å². The fraction of sp³-hybridized carbons (Fsp3) is 0.250. The molecular formula is C24H21ClN2O2S. The van der Waals surface area contributed by atoms with Crippen molar-refractivity contribution < 1.29 is 9.53 Å². The predicted octanol–water partition coefficient (Wildman–Crippen LogP) is 5.71. The summed E-state index contributed by atoms with van der Waals surface area (Å²) in [6, 6.07) is 17.7. The van der Waals surface area contributed by atoms with Gasteiger partial charge in [-0.3, -0.25) is 4.79 Å². The van der Waals surface area contributed by atoms with Crippen LogP contribution in [-0.4, -0.2) is 12.9 Å². The van der Waals surface area contributed by atoms with Crippen LogP contribution in [0.4, 0.5) is 0 Å². The number of carbonyl (C=O) groups is 1. The molecule has 0 radical (unpaired) electrons. The molecule has 1 heterocycles. The number of nitriles is 1. The van der Waals surface area contributed by atoms with Crippen molar-refractivity contribution in [2.24, 2.45) is 0 Å². The number of allylic oxidation sites excluding steroid dienone is 3. The first-order chi connectivity index (χ1) is 14.6. The maximum absolute atomic E-state index is 12.8. The molecule has 1 aliphatic heterocycles. The molecule has 0 saturated carbocycles. The Labute approximate surface area is 185 Å². The Bertz CT molecular complexity index is 1070. The molecule has 1 aliphatic carbocycles. The molecule has 2 aromatic carbocycles. The zero-order chi connectivity index (χ0) is 21.1. The van der Waals surface area contributed by atoms with Crippen LogP contribution >= 0.6 is 23.4 Å². The molecule has 0 aromatic heterocycles. The monoisotopic (exact) mass is 436 g/mol. The second kappa shape index (κ2) is 8.99. The van der Waals surface area contributed by atoms with Gasteiger partial charge in [0.2, 0.25) is 0 Å². The maximum Gasteiger partial charge on any atom is 0.161 e. The minimum atomic E-state index is -0.349. The van der Waals surface area contributed by atoms with Crippen molar-refractivity contribution in [2.75, 3.05) is 7.11 Å². The summed E-state index contributed by atoms with van der Waals surface area (Å²) in [5, 5.41) is 15.0. The number of hydrogen-bond acceptors (Lipinski definition) is 5. The minimum Gasteiger partial charge on any atom is -0.497 e. The average Bonchev–Trinajstić information content (AvgIpc) is 2.78. The molecule has 0 amide bonds. The number of nitrogens with one attached hydrogen (secondary N) is 1. The van der Waals surface area contributed by atoms with E-state index in [9.17, 15) is 10.1 Å². The summed E-state index contributed by atoms with van der Waals surface area (Å²) in [6.07, 6.45) is 2.17. The number of Topliss-reactive ketones (excluding diaryl/α,β-unsaturated/α-hetero) is 1. The first kappa shape index (κ1) is 20.6. The summed E-state index contributed by atoms with van der Waals surface area (Å²) >= 11 is 7.57. The number of thioether (sulfide) groups is 1. The highest BCUT2D eigenvalue weighted by Gasteiger charge is 2.36. The van der Waals surface area contributed by atoms with E-state index in [1.54, 1.807) is 18.9 Å². The molecule has 2 aromatic rings. The van der Waals surface area contributed by atoms with Crippen molar-refractivity contribution in [1.29, 1.82) is 5.26 Å². The van der Waals surface area contributed by atoms with Gasteiger partial charge in [-0.15, -0.1) is 11.8 Å². The lowest BCUT2D eigenvalue weighted by Crippen LogP contribution is -2.31. The Morgan fingerprint density at radius 2 is 1.90 bits per heavy atom. The van der Waals surface area contributed by atoms with Crippen LogP contribution in [0.15, 0.2) is 70.4 Å². The molecule has 1 atom stereocenters. The zero-order valence-corrected chi connectivity index (χ0v) is 18.1. The SMILES string of the molecule is COc1ccc([C@H]2C(C#N)=C(SCc3ccc(Cl)cc3)NC3=C2C(=O)CCC3)cc1. The van der Waals surface area contributed by atoms with Gasteiger partial charge in [-0.2, -0.15) is 5.26 Å². The van der Waals surface area contributed by atoms with Crippen LogP contribution < -0.4 is 10.1 Å². The number of carbonyl (C=O) groups excluding carboxylic acids is 1. The summed E-state index contributed by atoms with van der Waals surface area (Å²) in [5.74, 6) is 1.23. The van der Waals surface area contributed by atoms with E-state index < -0.39 is 0 Å². The molecule has 4 rings (SSSR count). The Morgan fingerprint density at radius 1 is 1.17 bits per heavy atom. The number of ketones is 1. The van der Waals surface area contributed by atoms with E-state index >= 15 is 0 Å². The summed E-state index contributed by atoms with van der Waals surface area (Å²) in [4.78, 5) is 12.8. The lowest BCUT2D eigenvalue weighted by molar-refractivity contribution is -0.116. The molecule has 0 bridgehead atoms. The van der Waals surface area contributed by atoms with Gasteiger partial charge in [0.05, 0.1) is 29.7 Å². The summed E-state index contributed by atoms with van der Waals surface area (Å²) in [5.41, 5.74) is 4.33. The highest BCUT2D eigenvalue weighted by atomic mass is 35.5. The number of dihydropyridines is 1. The second-order valence-electron chi connectivity index (χ2n) is 7.27. The Balaban J connectivity index is 1.72. The third-order valence-corrected chi connectivity index (χ3v) is 6.75. The first-order valence-corrected chi connectivity index (χ1v) is 11.2. The molecule has 152 valence electrons. The molecule has 30 heavy (non-hydrogen) atoms. The van der Waals surface area contributed by atoms with Gasteiger partial charge in [0.15, 0.2) is 5.78 Å². The first-order valence-electron chi connectivity index (χ1n) is 9.79. The molecule has 2 aliphatic rings. The quantitative estimate of drug-likeness (QED) is 0.650. The highest BCUT2D eigenvalue weighted by molar-refractivity contribution is 8.02. The Hall–Kier alpha value is -2.68. The molecule has 1 N–H and O–H groups in total. The standard InChI is InChI=1S/C24H21ClN2O2S/c1-29-18-11-7-16(8-12-18)22-19(13-26)24(27-20-3-2-4-21(28)23(20)22)30-14-15-5-9-17(25)10-6-15/h5-12,22,27H,2-4,14H2,1H3/t22-/m0/s1. The Morgan fingerprint density at radius 3 is 2.57 bits per heavy atom.